The van der Waals surface area contributed by atoms with Gasteiger partial charge in [-0.25, -0.2) is 4.39 Å². The van der Waals surface area contributed by atoms with Gasteiger partial charge in [-0.1, -0.05) is 32.0 Å². The SMILES string of the molecule is CC(C)COc1ccccc1NCc1ccc(Br)c(F)c1. The topological polar surface area (TPSA) is 21.3 Å². The minimum absolute atomic E-state index is 0.251. The van der Waals surface area contributed by atoms with Crippen LogP contribution in [0.25, 0.3) is 0 Å². The highest BCUT2D eigenvalue weighted by atomic mass is 79.9. The van der Waals surface area contributed by atoms with Gasteiger partial charge in [-0.2, -0.15) is 0 Å². The van der Waals surface area contributed by atoms with Gasteiger partial charge < -0.3 is 10.1 Å². The Morgan fingerprint density at radius 1 is 1.19 bits per heavy atom. The first-order chi connectivity index (χ1) is 10.1. The second-order valence-corrected chi connectivity index (χ2v) is 6.16. The Morgan fingerprint density at radius 2 is 1.95 bits per heavy atom. The first kappa shape index (κ1) is 15.8. The van der Waals surface area contributed by atoms with Gasteiger partial charge in [0.05, 0.1) is 16.8 Å². The van der Waals surface area contributed by atoms with Crippen molar-refractivity contribution in [1.29, 1.82) is 0 Å². The zero-order chi connectivity index (χ0) is 15.2. The molecule has 0 bridgehead atoms. The van der Waals surface area contributed by atoms with Crippen LogP contribution in [0, 0.1) is 11.7 Å². The first-order valence-electron chi connectivity index (χ1n) is 6.96. The average Bonchev–Trinajstić information content (AvgIpc) is 2.47. The van der Waals surface area contributed by atoms with Crippen LogP contribution in [-0.4, -0.2) is 6.61 Å². The molecule has 1 N–H and O–H groups in total. The molecular weight excluding hydrogens is 333 g/mol. The smallest absolute Gasteiger partial charge is 0.142 e. The highest BCUT2D eigenvalue weighted by molar-refractivity contribution is 9.10. The van der Waals surface area contributed by atoms with Gasteiger partial charge in [-0.3, -0.25) is 0 Å². The van der Waals surface area contributed by atoms with Crippen molar-refractivity contribution in [3.8, 4) is 5.75 Å². The molecule has 0 spiro atoms. The summed E-state index contributed by atoms with van der Waals surface area (Å²) in [4.78, 5) is 0. The molecule has 2 aromatic rings. The van der Waals surface area contributed by atoms with Crippen LogP contribution in [0.1, 0.15) is 19.4 Å². The van der Waals surface area contributed by atoms with E-state index in [9.17, 15) is 4.39 Å². The van der Waals surface area contributed by atoms with Crippen molar-refractivity contribution in [2.45, 2.75) is 20.4 Å². The maximum atomic E-state index is 13.5. The lowest BCUT2D eigenvalue weighted by Gasteiger charge is -2.14. The lowest BCUT2D eigenvalue weighted by molar-refractivity contribution is 0.272. The Hall–Kier alpha value is -1.55. The molecule has 0 aromatic heterocycles. The molecule has 0 saturated heterocycles. The average molecular weight is 352 g/mol. The number of para-hydroxylation sites is 2. The van der Waals surface area contributed by atoms with Crippen molar-refractivity contribution in [1.82, 2.24) is 0 Å². The summed E-state index contributed by atoms with van der Waals surface area (Å²) in [5.41, 5.74) is 1.80. The highest BCUT2D eigenvalue weighted by Gasteiger charge is 2.05. The number of hydrogen-bond donors (Lipinski definition) is 1. The van der Waals surface area contributed by atoms with E-state index in [1.54, 1.807) is 6.07 Å². The number of rotatable bonds is 6. The predicted molar refractivity (Wildman–Crippen MR) is 88.2 cm³/mol. The Labute approximate surface area is 133 Å². The van der Waals surface area contributed by atoms with Gasteiger partial charge in [0.2, 0.25) is 0 Å². The summed E-state index contributed by atoms with van der Waals surface area (Å²) in [5.74, 6) is 1.04. The molecule has 0 unspecified atom stereocenters. The zero-order valence-corrected chi connectivity index (χ0v) is 13.8. The Bertz CT molecular complexity index is 601. The predicted octanol–water partition coefficient (Wildman–Crippen LogP) is 5.24. The molecular formula is C17H19BrFNO. The number of benzene rings is 2. The van der Waals surface area contributed by atoms with Crippen LogP contribution < -0.4 is 10.1 Å². The van der Waals surface area contributed by atoms with Gasteiger partial charge in [0.1, 0.15) is 11.6 Å². The van der Waals surface area contributed by atoms with Crippen LogP contribution in [0.3, 0.4) is 0 Å². The van der Waals surface area contributed by atoms with Crippen molar-refractivity contribution in [2.24, 2.45) is 5.92 Å². The fourth-order valence-electron chi connectivity index (χ4n) is 1.84. The zero-order valence-electron chi connectivity index (χ0n) is 12.2. The molecule has 0 aliphatic carbocycles. The first-order valence-corrected chi connectivity index (χ1v) is 7.75. The fraction of sp³-hybridized carbons (Fsp3) is 0.294. The normalized spacial score (nSPS) is 10.7. The van der Waals surface area contributed by atoms with E-state index in [4.69, 9.17) is 4.74 Å². The standard InChI is InChI=1S/C17H19BrFNO/c1-12(2)11-21-17-6-4-3-5-16(17)20-10-13-7-8-14(18)15(19)9-13/h3-9,12,20H,10-11H2,1-2H3. The van der Waals surface area contributed by atoms with Gasteiger partial charge in [0.15, 0.2) is 0 Å². The third kappa shape index (κ3) is 4.74. The van der Waals surface area contributed by atoms with Crippen LogP contribution in [0.4, 0.5) is 10.1 Å². The van der Waals surface area contributed by atoms with Gasteiger partial charge in [-0.05, 0) is 51.7 Å². The Balaban J connectivity index is 2.03. The quantitative estimate of drug-likeness (QED) is 0.768. The molecule has 0 saturated carbocycles. The molecule has 2 nitrogen and oxygen atoms in total. The van der Waals surface area contributed by atoms with E-state index < -0.39 is 0 Å². The van der Waals surface area contributed by atoms with Crippen molar-refractivity contribution >= 4 is 21.6 Å². The lowest BCUT2D eigenvalue weighted by Crippen LogP contribution is -2.07. The number of ether oxygens (including phenoxy) is 1. The Morgan fingerprint density at radius 3 is 2.67 bits per heavy atom. The fourth-order valence-corrected chi connectivity index (χ4v) is 2.09. The number of nitrogens with one attached hydrogen (secondary N) is 1. The summed E-state index contributed by atoms with van der Waals surface area (Å²) in [6.07, 6.45) is 0. The van der Waals surface area contributed by atoms with E-state index in [1.165, 1.54) is 6.07 Å². The lowest BCUT2D eigenvalue weighted by atomic mass is 10.2. The van der Waals surface area contributed by atoms with E-state index in [0.29, 0.717) is 23.5 Å². The van der Waals surface area contributed by atoms with E-state index >= 15 is 0 Å². The summed E-state index contributed by atoms with van der Waals surface area (Å²) < 4.78 is 19.8. The van der Waals surface area contributed by atoms with Crippen molar-refractivity contribution < 1.29 is 9.13 Å². The second kappa shape index (κ2) is 7.46. The van der Waals surface area contributed by atoms with Gasteiger partial charge in [0, 0.05) is 6.54 Å². The van der Waals surface area contributed by atoms with Crippen LogP contribution in [-0.2, 0) is 6.54 Å². The van der Waals surface area contributed by atoms with Crippen molar-refractivity contribution in [2.75, 3.05) is 11.9 Å². The molecule has 0 heterocycles. The third-order valence-corrected chi connectivity index (χ3v) is 3.57. The Kier molecular flexibility index (Phi) is 5.62. The van der Waals surface area contributed by atoms with Crippen LogP contribution in [0.5, 0.6) is 5.75 Å². The molecule has 21 heavy (non-hydrogen) atoms. The van der Waals surface area contributed by atoms with Crippen molar-refractivity contribution in [3.63, 3.8) is 0 Å². The maximum Gasteiger partial charge on any atom is 0.142 e. The van der Waals surface area contributed by atoms with E-state index in [-0.39, 0.29) is 5.82 Å². The van der Waals surface area contributed by atoms with Gasteiger partial charge in [-0.15, -0.1) is 0 Å². The highest BCUT2D eigenvalue weighted by Crippen LogP contribution is 2.25. The number of anilines is 1. The van der Waals surface area contributed by atoms with Crippen LogP contribution >= 0.6 is 15.9 Å². The number of hydrogen-bond acceptors (Lipinski definition) is 2. The minimum Gasteiger partial charge on any atom is -0.491 e. The molecule has 4 heteroatoms. The molecule has 2 rings (SSSR count). The minimum atomic E-state index is -0.251. The summed E-state index contributed by atoms with van der Waals surface area (Å²) >= 11 is 3.16. The molecule has 0 amide bonds. The molecule has 0 atom stereocenters. The largest absolute Gasteiger partial charge is 0.491 e. The summed E-state index contributed by atoms with van der Waals surface area (Å²) in [5, 5.41) is 3.29. The van der Waals surface area contributed by atoms with Crippen LogP contribution in [0.15, 0.2) is 46.9 Å². The number of halogens is 2. The van der Waals surface area contributed by atoms with Crippen molar-refractivity contribution in [3.05, 3.63) is 58.3 Å². The molecule has 0 radical (unpaired) electrons. The van der Waals surface area contributed by atoms with E-state index in [2.05, 4.69) is 35.1 Å². The molecule has 0 fully saturated rings. The van der Waals surface area contributed by atoms with Crippen LogP contribution in [0.2, 0.25) is 0 Å². The maximum absolute atomic E-state index is 13.5. The molecule has 112 valence electrons. The third-order valence-electron chi connectivity index (χ3n) is 2.93. The molecule has 0 aliphatic rings. The molecule has 0 aliphatic heterocycles. The summed E-state index contributed by atoms with van der Waals surface area (Å²) in [6, 6.07) is 12.9. The monoisotopic (exact) mass is 351 g/mol. The van der Waals surface area contributed by atoms with E-state index in [0.717, 1.165) is 17.0 Å². The van der Waals surface area contributed by atoms with Gasteiger partial charge >= 0.3 is 0 Å². The second-order valence-electron chi connectivity index (χ2n) is 5.30. The molecule has 2 aromatic carbocycles. The van der Waals surface area contributed by atoms with Gasteiger partial charge in [0.25, 0.3) is 0 Å². The van der Waals surface area contributed by atoms with E-state index in [1.807, 2.05) is 30.3 Å². The summed E-state index contributed by atoms with van der Waals surface area (Å²) in [6.45, 7) is 5.44. The summed E-state index contributed by atoms with van der Waals surface area (Å²) in [7, 11) is 0.